The minimum absolute atomic E-state index is 0.114. The fourth-order valence-corrected chi connectivity index (χ4v) is 1.47. The first-order valence-electron chi connectivity index (χ1n) is 4.69. The van der Waals surface area contributed by atoms with E-state index in [2.05, 4.69) is 26.4 Å². The molecule has 0 aliphatic heterocycles. The van der Waals surface area contributed by atoms with E-state index in [1.807, 2.05) is 0 Å². The van der Waals surface area contributed by atoms with Crippen LogP contribution in [0.25, 0.3) is 0 Å². The Kier molecular flexibility index (Phi) is 4.45. The van der Waals surface area contributed by atoms with Gasteiger partial charge in [0.1, 0.15) is 5.82 Å². The van der Waals surface area contributed by atoms with Crippen molar-refractivity contribution in [1.29, 1.82) is 0 Å². The number of oxime groups is 1. The number of rotatable bonds is 3. The van der Waals surface area contributed by atoms with Crippen molar-refractivity contribution in [1.82, 2.24) is 5.32 Å². The Hall–Kier alpha value is -1.63. The molecule has 0 aromatic heterocycles. The molecule has 1 rings (SSSR count). The summed E-state index contributed by atoms with van der Waals surface area (Å²) < 4.78 is 13.9. The van der Waals surface area contributed by atoms with E-state index in [1.165, 1.54) is 25.1 Å². The summed E-state index contributed by atoms with van der Waals surface area (Å²) >= 11 is 3.14. The molecule has 17 heavy (non-hydrogen) atoms. The third-order valence-electron chi connectivity index (χ3n) is 2.08. The van der Waals surface area contributed by atoms with Gasteiger partial charge in [-0.05, 0) is 25.1 Å². The number of benzene rings is 1. The largest absolute Gasteiger partial charge is 0.409 e. The molecule has 0 aliphatic rings. The number of amides is 1. The molecule has 0 aliphatic carbocycles. The molecule has 1 aromatic rings. The highest BCUT2D eigenvalue weighted by molar-refractivity contribution is 9.10. The molecule has 0 bridgehead atoms. The van der Waals surface area contributed by atoms with E-state index >= 15 is 0 Å². The fourth-order valence-electron chi connectivity index (χ4n) is 1.11. The highest BCUT2D eigenvalue weighted by atomic mass is 79.9. The highest BCUT2D eigenvalue weighted by Gasteiger charge is 2.16. The first kappa shape index (κ1) is 13.4. The van der Waals surface area contributed by atoms with Gasteiger partial charge in [0, 0.05) is 4.47 Å². The second-order valence-corrected chi connectivity index (χ2v) is 4.26. The molecule has 0 radical (unpaired) electrons. The molecule has 4 N–H and O–H groups in total. The number of nitrogens with zero attached hydrogens (tertiary/aromatic N) is 1. The molecule has 5 nitrogen and oxygen atoms in total. The van der Waals surface area contributed by atoms with Crippen molar-refractivity contribution < 1.29 is 14.4 Å². The van der Waals surface area contributed by atoms with Crippen LogP contribution in [0.5, 0.6) is 0 Å². The van der Waals surface area contributed by atoms with Crippen LogP contribution in [0, 0.1) is 5.82 Å². The van der Waals surface area contributed by atoms with Gasteiger partial charge in [0.15, 0.2) is 5.84 Å². The molecular weight excluding hydrogens is 293 g/mol. The summed E-state index contributed by atoms with van der Waals surface area (Å²) in [5.74, 6) is -1.44. The van der Waals surface area contributed by atoms with Gasteiger partial charge in [-0.3, -0.25) is 4.79 Å². The molecule has 7 heteroatoms. The Morgan fingerprint density at radius 3 is 2.88 bits per heavy atom. The normalized spacial score (nSPS) is 13.2. The Labute approximate surface area is 106 Å². The van der Waals surface area contributed by atoms with E-state index in [0.717, 1.165) is 0 Å². The predicted octanol–water partition coefficient (Wildman–Crippen LogP) is 1.45. The third-order valence-corrected chi connectivity index (χ3v) is 2.57. The average molecular weight is 304 g/mol. The molecule has 1 aromatic carbocycles. The summed E-state index contributed by atoms with van der Waals surface area (Å²) in [5.41, 5.74) is 5.18. The number of carbonyl (C=O) groups is 1. The van der Waals surface area contributed by atoms with Crippen molar-refractivity contribution in [3.8, 4) is 0 Å². The molecular formula is C10H11BrFN3O2. The summed E-state index contributed by atoms with van der Waals surface area (Å²) in [6, 6.07) is 3.32. The maximum absolute atomic E-state index is 13.4. The van der Waals surface area contributed by atoms with E-state index in [1.54, 1.807) is 0 Å². The van der Waals surface area contributed by atoms with Crippen LogP contribution >= 0.6 is 15.9 Å². The van der Waals surface area contributed by atoms with Crippen LogP contribution in [0.4, 0.5) is 4.39 Å². The van der Waals surface area contributed by atoms with E-state index < -0.39 is 17.8 Å². The van der Waals surface area contributed by atoms with Crippen molar-refractivity contribution >= 4 is 27.7 Å². The third kappa shape index (κ3) is 3.42. The molecule has 0 saturated heterocycles. The molecule has 0 fully saturated rings. The van der Waals surface area contributed by atoms with Crippen LogP contribution in [0.3, 0.4) is 0 Å². The Morgan fingerprint density at radius 1 is 1.65 bits per heavy atom. The fraction of sp³-hybridized carbons (Fsp3) is 0.200. The number of carbonyl (C=O) groups excluding carboxylic acids is 1. The van der Waals surface area contributed by atoms with Gasteiger partial charge in [0.2, 0.25) is 0 Å². The molecule has 0 spiro atoms. The Bertz CT molecular complexity index is 465. The zero-order chi connectivity index (χ0) is 13.0. The second-order valence-electron chi connectivity index (χ2n) is 3.34. The Morgan fingerprint density at radius 2 is 2.29 bits per heavy atom. The number of hydrogen-bond donors (Lipinski definition) is 3. The van der Waals surface area contributed by atoms with Crippen molar-refractivity contribution in [2.75, 3.05) is 0 Å². The summed E-state index contributed by atoms with van der Waals surface area (Å²) in [4.78, 5) is 11.7. The van der Waals surface area contributed by atoms with Gasteiger partial charge in [-0.25, -0.2) is 4.39 Å². The average Bonchev–Trinajstić information content (AvgIpc) is 2.30. The first-order chi connectivity index (χ1) is 7.95. The topological polar surface area (TPSA) is 87.7 Å². The highest BCUT2D eigenvalue weighted by Crippen LogP contribution is 2.15. The maximum atomic E-state index is 13.4. The zero-order valence-corrected chi connectivity index (χ0v) is 10.5. The smallest absolute Gasteiger partial charge is 0.254 e. The molecule has 0 heterocycles. The van der Waals surface area contributed by atoms with Crippen LogP contribution in [0.1, 0.15) is 17.3 Å². The monoisotopic (exact) mass is 303 g/mol. The van der Waals surface area contributed by atoms with Crippen LogP contribution in [0.15, 0.2) is 27.8 Å². The number of nitrogens with one attached hydrogen (secondary N) is 1. The van der Waals surface area contributed by atoms with Crippen LogP contribution in [-0.2, 0) is 0 Å². The first-order valence-corrected chi connectivity index (χ1v) is 5.48. The number of nitrogens with two attached hydrogens (primary N) is 1. The van der Waals surface area contributed by atoms with Crippen molar-refractivity contribution in [2.45, 2.75) is 13.0 Å². The van der Waals surface area contributed by atoms with Gasteiger partial charge in [-0.2, -0.15) is 0 Å². The standard InChI is InChI=1S/C10H11BrFN3O2/c1-5(9(13)15-17)14-10(16)7-4-6(11)2-3-8(7)12/h2-5,17H,1H3,(H2,13,15)(H,14,16). The molecule has 1 atom stereocenters. The molecule has 92 valence electrons. The lowest BCUT2D eigenvalue weighted by atomic mass is 10.2. The number of amidine groups is 1. The number of halogens is 2. The van der Waals surface area contributed by atoms with Crippen LogP contribution < -0.4 is 11.1 Å². The van der Waals surface area contributed by atoms with E-state index in [0.29, 0.717) is 4.47 Å². The maximum Gasteiger partial charge on any atom is 0.254 e. The summed E-state index contributed by atoms with van der Waals surface area (Å²) in [5, 5.41) is 13.6. The quantitative estimate of drug-likeness (QED) is 0.342. The van der Waals surface area contributed by atoms with Crippen molar-refractivity contribution in [3.63, 3.8) is 0 Å². The minimum Gasteiger partial charge on any atom is -0.409 e. The van der Waals surface area contributed by atoms with Gasteiger partial charge < -0.3 is 16.3 Å². The van der Waals surface area contributed by atoms with Gasteiger partial charge in [-0.1, -0.05) is 21.1 Å². The lowest BCUT2D eigenvalue weighted by Crippen LogP contribution is -2.42. The summed E-state index contributed by atoms with van der Waals surface area (Å²) in [7, 11) is 0. The van der Waals surface area contributed by atoms with E-state index in [9.17, 15) is 9.18 Å². The molecule has 0 saturated carbocycles. The second kappa shape index (κ2) is 5.62. The Balaban J connectivity index is 2.87. The minimum atomic E-state index is -0.689. The van der Waals surface area contributed by atoms with Gasteiger partial charge in [-0.15, -0.1) is 0 Å². The van der Waals surface area contributed by atoms with Gasteiger partial charge >= 0.3 is 0 Å². The zero-order valence-electron chi connectivity index (χ0n) is 8.95. The molecule has 1 unspecified atom stereocenters. The summed E-state index contributed by atoms with van der Waals surface area (Å²) in [6.07, 6.45) is 0. The SMILES string of the molecule is CC(NC(=O)c1cc(Br)ccc1F)/C(N)=N/O. The van der Waals surface area contributed by atoms with E-state index in [-0.39, 0.29) is 11.4 Å². The summed E-state index contributed by atoms with van der Waals surface area (Å²) in [6.45, 7) is 1.52. The predicted molar refractivity (Wildman–Crippen MR) is 64.4 cm³/mol. The molecule has 1 amide bonds. The van der Waals surface area contributed by atoms with Crippen molar-refractivity contribution in [3.05, 3.63) is 34.1 Å². The van der Waals surface area contributed by atoms with Crippen molar-refractivity contribution in [2.24, 2.45) is 10.9 Å². The number of hydrogen-bond acceptors (Lipinski definition) is 3. The lowest BCUT2D eigenvalue weighted by Gasteiger charge is -2.12. The van der Waals surface area contributed by atoms with E-state index in [4.69, 9.17) is 10.9 Å². The van der Waals surface area contributed by atoms with Crippen LogP contribution in [-0.4, -0.2) is 23.0 Å². The van der Waals surface area contributed by atoms with Crippen LogP contribution in [0.2, 0.25) is 0 Å². The lowest BCUT2D eigenvalue weighted by molar-refractivity contribution is 0.0944. The van der Waals surface area contributed by atoms with Gasteiger partial charge in [0.05, 0.1) is 11.6 Å². The van der Waals surface area contributed by atoms with Gasteiger partial charge in [0.25, 0.3) is 5.91 Å².